The summed E-state index contributed by atoms with van der Waals surface area (Å²) in [6.45, 7) is 2.76. The number of hydrogen-bond acceptors (Lipinski definition) is 3. The minimum atomic E-state index is -3.40. The van der Waals surface area contributed by atoms with Gasteiger partial charge in [-0.3, -0.25) is 0 Å². The van der Waals surface area contributed by atoms with Crippen LogP contribution in [0.4, 0.5) is 0 Å². The highest BCUT2D eigenvalue weighted by Gasteiger charge is 2.31. The van der Waals surface area contributed by atoms with Crippen molar-refractivity contribution in [3.8, 4) is 0 Å². The molecule has 0 radical (unpaired) electrons. The van der Waals surface area contributed by atoms with Gasteiger partial charge in [0.05, 0.1) is 11.5 Å². The summed E-state index contributed by atoms with van der Waals surface area (Å²) in [7, 11) is -3.40. The van der Waals surface area contributed by atoms with Gasteiger partial charge in [-0.05, 0) is 24.8 Å². The Balaban J connectivity index is 2.19. The Morgan fingerprint density at radius 1 is 1.53 bits per heavy atom. The zero-order valence-electron chi connectivity index (χ0n) is 9.89. The number of aromatic nitrogens is 1. The van der Waals surface area contributed by atoms with E-state index in [1.807, 2.05) is 6.92 Å². The lowest BCUT2D eigenvalue weighted by molar-refractivity contribution is 0.277. The number of nitrogens with zero attached hydrogens (tertiary/aromatic N) is 1. The van der Waals surface area contributed by atoms with Crippen LogP contribution in [-0.4, -0.2) is 35.9 Å². The normalized spacial score (nSPS) is 16.6. The predicted octanol–water partition coefficient (Wildman–Crippen LogP) is 0.928. The molecule has 0 bridgehead atoms. The molecule has 1 saturated carbocycles. The van der Waals surface area contributed by atoms with Gasteiger partial charge in [0.15, 0.2) is 0 Å². The summed E-state index contributed by atoms with van der Waals surface area (Å²) in [6, 6.07) is 1.49. The van der Waals surface area contributed by atoms with E-state index in [4.69, 9.17) is 5.11 Å². The maximum Gasteiger partial charge on any atom is 0.244 e. The summed E-state index contributed by atoms with van der Waals surface area (Å²) in [4.78, 5) is 2.99. The Morgan fingerprint density at radius 2 is 2.24 bits per heavy atom. The molecule has 0 amide bonds. The average Bonchev–Trinajstić information content (AvgIpc) is 2.99. The van der Waals surface area contributed by atoms with Crippen molar-refractivity contribution in [3.63, 3.8) is 0 Å². The third kappa shape index (κ3) is 2.70. The van der Waals surface area contributed by atoms with E-state index in [-0.39, 0.29) is 11.5 Å². The Morgan fingerprint density at radius 3 is 2.71 bits per heavy atom. The summed E-state index contributed by atoms with van der Waals surface area (Å²) in [5.74, 6) is 0.529. The number of aliphatic hydroxyl groups is 1. The van der Waals surface area contributed by atoms with Crippen LogP contribution in [-0.2, 0) is 16.6 Å². The molecule has 1 aromatic rings. The van der Waals surface area contributed by atoms with Crippen molar-refractivity contribution in [1.29, 1.82) is 0 Å². The minimum absolute atomic E-state index is 0.176. The number of aromatic amines is 1. The van der Waals surface area contributed by atoms with Gasteiger partial charge in [-0.2, -0.15) is 4.31 Å². The highest BCUT2D eigenvalue weighted by atomic mass is 32.2. The molecule has 1 aromatic heterocycles. The first kappa shape index (κ1) is 12.6. The summed E-state index contributed by atoms with van der Waals surface area (Å²) >= 11 is 0. The quantitative estimate of drug-likeness (QED) is 0.797. The van der Waals surface area contributed by atoms with Gasteiger partial charge in [-0.25, -0.2) is 8.42 Å². The number of hydrogen-bond donors (Lipinski definition) is 2. The van der Waals surface area contributed by atoms with E-state index in [2.05, 4.69) is 4.98 Å². The van der Waals surface area contributed by atoms with E-state index >= 15 is 0 Å². The van der Waals surface area contributed by atoms with Crippen LogP contribution in [0.2, 0.25) is 0 Å². The second-order valence-electron chi connectivity index (χ2n) is 4.42. The van der Waals surface area contributed by atoms with Crippen LogP contribution < -0.4 is 0 Å². The largest absolute Gasteiger partial charge is 0.390 e. The minimum Gasteiger partial charge on any atom is -0.390 e. The van der Waals surface area contributed by atoms with Gasteiger partial charge in [-0.15, -0.1) is 0 Å². The molecule has 5 nitrogen and oxygen atoms in total. The van der Waals surface area contributed by atoms with E-state index in [1.54, 1.807) is 0 Å². The zero-order valence-corrected chi connectivity index (χ0v) is 10.7. The fourth-order valence-corrected chi connectivity index (χ4v) is 3.34. The van der Waals surface area contributed by atoms with Gasteiger partial charge in [0.1, 0.15) is 0 Å². The van der Waals surface area contributed by atoms with Crippen molar-refractivity contribution in [2.45, 2.75) is 31.3 Å². The molecule has 1 heterocycles. The van der Waals surface area contributed by atoms with Gasteiger partial charge in [0, 0.05) is 25.0 Å². The molecule has 0 atom stereocenters. The van der Waals surface area contributed by atoms with Crippen molar-refractivity contribution in [3.05, 3.63) is 18.0 Å². The molecule has 0 aromatic carbocycles. The van der Waals surface area contributed by atoms with Crippen molar-refractivity contribution in [1.82, 2.24) is 9.29 Å². The van der Waals surface area contributed by atoms with Crippen LogP contribution in [0.5, 0.6) is 0 Å². The lowest BCUT2D eigenvalue weighted by atomic mass is 10.4. The number of nitrogens with one attached hydrogen (secondary N) is 1. The lowest BCUT2D eigenvalue weighted by Gasteiger charge is -2.19. The van der Waals surface area contributed by atoms with Crippen molar-refractivity contribution in [2.75, 3.05) is 13.1 Å². The van der Waals surface area contributed by atoms with E-state index in [9.17, 15) is 8.42 Å². The van der Waals surface area contributed by atoms with Gasteiger partial charge in [0.25, 0.3) is 0 Å². The average molecular weight is 258 g/mol. The zero-order chi connectivity index (χ0) is 12.5. The molecule has 0 spiro atoms. The maximum atomic E-state index is 12.3. The molecular formula is C11H18N2O3S. The first-order chi connectivity index (χ1) is 8.07. The number of sulfonamides is 1. The van der Waals surface area contributed by atoms with Crippen LogP contribution in [0.1, 0.15) is 25.5 Å². The summed E-state index contributed by atoms with van der Waals surface area (Å²) in [5.41, 5.74) is 0.519. The lowest BCUT2D eigenvalue weighted by Crippen LogP contribution is -2.32. The van der Waals surface area contributed by atoms with Gasteiger partial charge < -0.3 is 10.1 Å². The molecule has 2 rings (SSSR count). The first-order valence-corrected chi connectivity index (χ1v) is 7.30. The standard InChI is InChI=1S/C11H18N2O3S/c1-2-13(7-9-3-4-9)17(15,16)11-5-10(8-14)12-6-11/h5-6,9,12,14H,2-4,7-8H2,1H3. The number of H-pyrrole nitrogens is 1. The smallest absolute Gasteiger partial charge is 0.244 e. The maximum absolute atomic E-state index is 12.3. The molecule has 1 aliphatic carbocycles. The molecule has 0 unspecified atom stereocenters. The molecule has 6 heteroatoms. The van der Waals surface area contributed by atoms with Crippen LogP contribution >= 0.6 is 0 Å². The Kier molecular flexibility index (Phi) is 3.56. The van der Waals surface area contributed by atoms with E-state index in [0.717, 1.165) is 12.8 Å². The molecule has 1 aliphatic rings. The Hall–Kier alpha value is -0.850. The van der Waals surface area contributed by atoms with Gasteiger partial charge in [-0.1, -0.05) is 6.92 Å². The third-order valence-electron chi connectivity index (χ3n) is 3.04. The third-order valence-corrected chi connectivity index (χ3v) is 4.95. The van der Waals surface area contributed by atoms with Crippen LogP contribution in [0.15, 0.2) is 17.2 Å². The molecule has 0 saturated heterocycles. The summed E-state index contributed by atoms with van der Waals surface area (Å²) < 4.78 is 26.1. The molecular weight excluding hydrogens is 240 g/mol. The van der Waals surface area contributed by atoms with E-state index in [1.165, 1.54) is 16.6 Å². The fourth-order valence-electron chi connectivity index (χ4n) is 1.79. The summed E-state index contributed by atoms with van der Waals surface area (Å²) in [6.07, 6.45) is 3.69. The monoisotopic (exact) mass is 258 g/mol. The molecule has 2 N–H and O–H groups in total. The number of rotatable bonds is 6. The van der Waals surface area contributed by atoms with Crippen molar-refractivity contribution in [2.24, 2.45) is 5.92 Å². The highest BCUT2D eigenvalue weighted by Crippen LogP contribution is 2.31. The fraction of sp³-hybridized carbons (Fsp3) is 0.636. The predicted molar refractivity (Wildman–Crippen MR) is 63.9 cm³/mol. The highest BCUT2D eigenvalue weighted by molar-refractivity contribution is 7.89. The second-order valence-corrected chi connectivity index (χ2v) is 6.36. The van der Waals surface area contributed by atoms with Crippen LogP contribution in [0, 0.1) is 5.92 Å². The first-order valence-electron chi connectivity index (χ1n) is 5.86. The van der Waals surface area contributed by atoms with Crippen molar-refractivity contribution >= 4 is 10.0 Å². The van der Waals surface area contributed by atoms with Crippen molar-refractivity contribution < 1.29 is 13.5 Å². The SMILES string of the molecule is CCN(CC1CC1)S(=O)(=O)c1c[nH]c(CO)c1. The summed E-state index contributed by atoms with van der Waals surface area (Å²) in [5, 5.41) is 8.93. The Bertz CT molecular complexity index is 477. The molecule has 1 fully saturated rings. The van der Waals surface area contributed by atoms with E-state index < -0.39 is 10.0 Å². The second kappa shape index (κ2) is 4.80. The Labute approximate surface area is 102 Å². The van der Waals surface area contributed by atoms with Crippen LogP contribution in [0.3, 0.4) is 0 Å². The van der Waals surface area contributed by atoms with E-state index in [0.29, 0.717) is 24.7 Å². The molecule has 96 valence electrons. The molecule has 17 heavy (non-hydrogen) atoms. The van der Waals surface area contributed by atoms with Gasteiger partial charge >= 0.3 is 0 Å². The van der Waals surface area contributed by atoms with Gasteiger partial charge in [0.2, 0.25) is 10.0 Å². The topological polar surface area (TPSA) is 73.4 Å². The molecule has 0 aliphatic heterocycles. The number of aliphatic hydroxyl groups excluding tert-OH is 1. The van der Waals surface area contributed by atoms with Crippen LogP contribution in [0.25, 0.3) is 0 Å².